The Morgan fingerprint density at radius 1 is 1.28 bits per heavy atom. The minimum absolute atomic E-state index is 0.0590. The quantitative estimate of drug-likeness (QED) is 0.819. The number of hydrogen-bond acceptors (Lipinski definition) is 4. The van der Waals surface area contributed by atoms with E-state index in [4.69, 9.17) is 0 Å². The zero-order valence-electron chi connectivity index (χ0n) is 10.1. The van der Waals surface area contributed by atoms with Crippen LogP contribution in [0.15, 0.2) is 36.5 Å². The summed E-state index contributed by atoms with van der Waals surface area (Å²) >= 11 is 0. The van der Waals surface area contributed by atoms with Crippen molar-refractivity contribution in [3.8, 4) is 5.69 Å². The number of benzene rings is 1. The summed E-state index contributed by atoms with van der Waals surface area (Å²) in [4.78, 5) is 1.62. The van der Waals surface area contributed by atoms with Crippen molar-refractivity contribution in [3.05, 3.63) is 42.2 Å². The molecule has 1 aliphatic rings. The van der Waals surface area contributed by atoms with Crippen molar-refractivity contribution in [2.24, 2.45) is 0 Å². The standard InChI is InChI=1S/C13H16N4O/c18-10-13(6-7-13)14-8-11-9-15-17(16-11)12-4-2-1-3-5-12/h1-5,9,14,18H,6-8,10H2. The van der Waals surface area contributed by atoms with Crippen LogP contribution in [0, 0.1) is 0 Å². The molecule has 0 saturated heterocycles. The SMILES string of the molecule is OCC1(NCc2cnn(-c3ccccc3)n2)CC1. The molecule has 2 N–H and O–H groups in total. The van der Waals surface area contributed by atoms with Crippen molar-refractivity contribution < 1.29 is 5.11 Å². The Bertz CT molecular complexity index is 519. The number of hydrogen-bond donors (Lipinski definition) is 2. The summed E-state index contributed by atoms with van der Waals surface area (Å²) in [5.74, 6) is 0. The number of nitrogens with zero attached hydrogens (tertiary/aromatic N) is 3. The van der Waals surface area contributed by atoms with Crippen LogP contribution in [0.2, 0.25) is 0 Å². The molecule has 1 aromatic heterocycles. The highest BCUT2D eigenvalue weighted by atomic mass is 16.3. The lowest BCUT2D eigenvalue weighted by Crippen LogP contribution is -2.34. The monoisotopic (exact) mass is 244 g/mol. The van der Waals surface area contributed by atoms with Crippen molar-refractivity contribution in [2.45, 2.75) is 24.9 Å². The maximum Gasteiger partial charge on any atom is 0.0969 e. The molecule has 1 aliphatic carbocycles. The second-order valence-corrected chi connectivity index (χ2v) is 4.75. The van der Waals surface area contributed by atoms with Gasteiger partial charge in [-0.15, -0.1) is 0 Å². The largest absolute Gasteiger partial charge is 0.394 e. The number of rotatable bonds is 5. The van der Waals surface area contributed by atoms with Gasteiger partial charge in [-0.3, -0.25) is 0 Å². The number of aliphatic hydroxyl groups is 1. The van der Waals surface area contributed by atoms with Gasteiger partial charge in [0.15, 0.2) is 0 Å². The van der Waals surface area contributed by atoms with Gasteiger partial charge >= 0.3 is 0 Å². The minimum atomic E-state index is -0.0590. The molecule has 0 amide bonds. The Morgan fingerprint density at radius 2 is 2.06 bits per heavy atom. The molecule has 1 aromatic carbocycles. The highest BCUT2D eigenvalue weighted by Crippen LogP contribution is 2.34. The molecule has 0 bridgehead atoms. The van der Waals surface area contributed by atoms with Gasteiger partial charge in [-0.25, -0.2) is 0 Å². The smallest absolute Gasteiger partial charge is 0.0969 e. The molecule has 18 heavy (non-hydrogen) atoms. The summed E-state index contributed by atoms with van der Waals surface area (Å²) in [5.41, 5.74) is 1.78. The zero-order chi connectivity index (χ0) is 12.4. The van der Waals surface area contributed by atoms with E-state index >= 15 is 0 Å². The van der Waals surface area contributed by atoms with E-state index in [1.807, 2.05) is 30.3 Å². The third-order valence-corrected chi connectivity index (χ3v) is 3.33. The van der Waals surface area contributed by atoms with Gasteiger partial charge in [-0.05, 0) is 25.0 Å². The maximum atomic E-state index is 9.21. The third-order valence-electron chi connectivity index (χ3n) is 3.33. The van der Waals surface area contributed by atoms with E-state index < -0.39 is 0 Å². The van der Waals surface area contributed by atoms with Crippen molar-refractivity contribution in [2.75, 3.05) is 6.61 Å². The molecular formula is C13H16N4O. The first-order chi connectivity index (χ1) is 8.81. The van der Waals surface area contributed by atoms with Gasteiger partial charge in [0, 0.05) is 12.1 Å². The average Bonchev–Trinajstić information content (AvgIpc) is 3.07. The molecule has 94 valence electrons. The Hall–Kier alpha value is -1.72. The second kappa shape index (κ2) is 4.51. The minimum Gasteiger partial charge on any atom is -0.394 e. The molecule has 5 nitrogen and oxygen atoms in total. The third kappa shape index (κ3) is 2.27. The molecule has 1 saturated carbocycles. The molecule has 0 spiro atoms. The van der Waals surface area contributed by atoms with Gasteiger partial charge in [-0.2, -0.15) is 15.0 Å². The van der Waals surface area contributed by atoms with Crippen LogP contribution >= 0.6 is 0 Å². The van der Waals surface area contributed by atoms with Crippen LogP contribution in [0.1, 0.15) is 18.5 Å². The van der Waals surface area contributed by atoms with Crippen LogP contribution in [-0.2, 0) is 6.54 Å². The lowest BCUT2D eigenvalue weighted by atomic mass is 10.3. The number of aliphatic hydroxyl groups excluding tert-OH is 1. The van der Waals surface area contributed by atoms with Gasteiger partial charge in [0.05, 0.1) is 24.2 Å². The van der Waals surface area contributed by atoms with E-state index in [1.165, 1.54) is 0 Å². The first-order valence-electron chi connectivity index (χ1n) is 6.14. The molecule has 1 heterocycles. The predicted molar refractivity (Wildman–Crippen MR) is 67.2 cm³/mol. The van der Waals surface area contributed by atoms with Crippen LogP contribution in [0.5, 0.6) is 0 Å². The van der Waals surface area contributed by atoms with E-state index in [-0.39, 0.29) is 12.1 Å². The van der Waals surface area contributed by atoms with Crippen molar-refractivity contribution >= 4 is 0 Å². The van der Waals surface area contributed by atoms with E-state index in [1.54, 1.807) is 11.0 Å². The summed E-state index contributed by atoms with van der Waals surface area (Å²) in [6.45, 7) is 0.840. The van der Waals surface area contributed by atoms with Crippen LogP contribution in [0.25, 0.3) is 5.69 Å². The molecule has 0 atom stereocenters. The number of para-hydroxylation sites is 1. The second-order valence-electron chi connectivity index (χ2n) is 4.75. The molecule has 3 rings (SSSR count). The Labute approximate surface area is 105 Å². The average molecular weight is 244 g/mol. The van der Waals surface area contributed by atoms with Gasteiger partial charge in [0.1, 0.15) is 0 Å². The zero-order valence-corrected chi connectivity index (χ0v) is 10.1. The van der Waals surface area contributed by atoms with Gasteiger partial charge in [0.25, 0.3) is 0 Å². The normalized spacial score (nSPS) is 16.7. The van der Waals surface area contributed by atoms with Crippen molar-refractivity contribution in [1.82, 2.24) is 20.3 Å². The fourth-order valence-corrected chi connectivity index (χ4v) is 1.88. The summed E-state index contributed by atoms with van der Waals surface area (Å²) in [6, 6.07) is 9.82. The highest BCUT2D eigenvalue weighted by molar-refractivity contribution is 5.28. The predicted octanol–water partition coefficient (Wildman–Crippen LogP) is 0.882. The topological polar surface area (TPSA) is 63.0 Å². The van der Waals surface area contributed by atoms with Crippen LogP contribution in [0.4, 0.5) is 0 Å². The number of nitrogens with one attached hydrogen (secondary N) is 1. The molecule has 0 unspecified atom stereocenters. The first kappa shape index (κ1) is 11.4. The lowest BCUT2D eigenvalue weighted by Gasteiger charge is -2.12. The van der Waals surface area contributed by atoms with Crippen molar-refractivity contribution in [1.29, 1.82) is 0 Å². The van der Waals surface area contributed by atoms with Crippen LogP contribution < -0.4 is 5.32 Å². The Balaban J connectivity index is 1.67. The molecule has 0 radical (unpaired) electrons. The van der Waals surface area contributed by atoms with Gasteiger partial charge < -0.3 is 10.4 Å². The van der Waals surface area contributed by atoms with E-state index in [2.05, 4.69) is 15.5 Å². The molecule has 2 aromatic rings. The van der Waals surface area contributed by atoms with E-state index in [0.29, 0.717) is 6.54 Å². The molecule has 1 fully saturated rings. The fraction of sp³-hybridized carbons (Fsp3) is 0.385. The Morgan fingerprint density at radius 3 is 2.72 bits per heavy atom. The fourth-order valence-electron chi connectivity index (χ4n) is 1.88. The van der Waals surface area contributed by atoms with Gasteiger partial charge in [0.2, 0.25) is 0 Å². The van der Waals surface area contributed by atoms with Crippen LogP contribution in [0.3, 0.4) is 0 Å². The maximum absolute atomic E-state index is 9.21. The summed E-state index contributed by atoms with van der Waals surface area (Å²) in [7, 11) is 0. The molecular weight excluding hydrogens is 228 g/mol. The van der Waals surface area contributed by atoms with Crippen LogP contribution in [-0.4, -0.2) is 32.2 Å². The molecule has 5 heteroatoms. The van der Waals surface area contributed by atoms with E-state index in [0.717, 1.165) is 24.2 Å². The summed E-state index contributed by atoms with van der Waals surface area (Å²) in [5, 5.41) is 21.2. The first-order valence-corrected chi connectivity index (χ1v) is 6.14. The van der Waals surface area contributed by atoms with Gasteiger partial charge in [-0.1, -0.05) is 18.2 Å². The molecule has 0 aliphatic heterocycles. The van der Waals surface area contributed by atoms with Crippen molar-refractivity contribution in [3.63, 3.8) is 0 Å². The Kier molecular flexibility index (Phi) is 2.85. The summed E-state index contributed by atoms with van der Waals surface area (Å²) < 4.78 is 0. The lowest BCUT2D eigenvalue weighted by molar-refractivity contribution is 0.229. The van der Waals surface area contributed by atoms with E-state index in [9.17, 15) is 5.11 Å². The highest BCUT2D eigenvalue weighted by Gasteiger charge is 2.41. The number of aromatic nitrogens is 3. The summed E-state index contributed by atoms with van der Waals surface area (Å²) in [6.07, 6.45) is 3.83.